The molecule has 0 radical (unpaired) electrons. The molecule has 3 aromatic rings. The molecule has 1 aliphatic heterocycles. The summed E-state index contributed by atoms with van der Waals surface area (Å²) in [5, 5.41) is 5.93. The van der Waals surface area contributed by atoms with Crippen LogP contribution in [0.5, 0.6) is 0 Å². The molecule has 2 aromatic heterocycles. The van der Waals surface area contributed by atoms with Crippen LogP contribution in [0, 0.1) is 3.57 Å². The van der Waals surface area contributed by atoms with Gasteiger partial charge in [0.05, 0.1) is 23.8 Å². The highest BCUT2D eigenvalue weighted by molar-refractivity contribution is 14.1. The van der Waals surface area contributed by atoms with Gasteiger partial charge in [0, 0.05) is 9.77 Å². The van der Waals surface area contributed by atoms with Crippen molar-refractivity contribution in [3.05, 3.63) is 57.7 Å². The molecule has 1 saturated heterocycles. The summed E-state index contributed by atoms with van der Waals surface area (Å²) in [6, 6.07) is 10.3. The highest BCUT2D eigenvalue weighted by Gasteiger charge is 2.29. The average Bonchev–Trinajstić information content (AvgIpc) is 3.30. The van der Waals surface area contributed by atoms with Crippen LogP contribution < -0.4 is 5.14 Å². The maximum atomic E-state index is 11.0. The summed E-state index contributed by atoms with van der Waals surface area (Å²) in [5.41, 5.74) is 3.10. The minimum Gasteiger partial charge on any atom is -0.352 e. The maximum absolute atomic E-state index is 11.0. The molecule has 2 atom stereocenters. The highest BCUT2D eigenvalue weighted by atomic mass is 127. The van der Waals surface area contributed by atoms with Gasteiger partial charge >= 0.3 is 10.3 Å². The van der Waals surface area contributed by atoms with Crippen LogP contribution in [0.4, 0.5) is 0 Å². The Morgan fingerprint density at radius 2 is 2.00 bits per heavy atom. The number of aryl methyl sites for hydroxylation is 2. The Hall–Kier alpha value is -1.60. The molecular weight excluding hydrogens is 507 g/mol. The van der Waals surface area contributed by atoms with Gasteiger partial charge in [0.1, 0.15) is 18.2 Å². The third kappa shape index (κ3) is 4.94. The van der Waals surface area contributed by atoms with Gasteiger partial charge in [0.25, 0.3) is 0 Å². The van der Waals surface area contributed by atoms with Gasteiger partial charge in [0.2, 0.25) is 0 Å². The molecule has 154 valence electrons. The van der Waals surface area contributed by atoms with E-state index in [1.54, 1.807) is 6.33 Å². The number of benzene rings is 1. The van der Waals surface area contributed by atoms with Crippen LogP contribution in [0.3, 0.4) is 0 Å². The van der Waals surface area contributed by atoms with Crippen molar-refractivity contribution in [2.45, 2.75) is 38.0 Å². The first-order valence-electron chi connectivity index (χ1n) is 9.27. The molecule has 0 saturated carbocycles. The van der Waals surface area contributed by atoms with E-state index in [0.29, 0.717) is 6.42 Å². The zero-order valence-electron chi connectivity index (χ0n) is 15.6. The van der Waals surface area contributed by atoms with Crippen LogP contribution in [0.15, 0.2) is 42.9 Å². The van der Waals surface area contributed by atoms with E-state index in [-0.39, 0.29) is 18.9 Å². The van der Waals surface area contributed by atoms with Gasteiger partial charge in [-0.1, -0.05) is 30.3 Å². The van der Waals surface area contributed by atoms with Gasteiger partial charge in [0.15, 0.2) is 0 Å². The van der Waals surface area contributed by atoms with Gasteiger partial charge in [-0.3, -0.25) is 4.18 Å². The molecule has 4 rings (SSSR count). The summed E-state index contributed by atoms with van der Waals surface area (Å²) in [6.07, 6.45) is 6.19. The van der Waals surface area contributed by atoms with E-state index in [9.17, 15) is 8.42 Å². The zero-order chi connectivity index (χ0) is 20.4. The van der Waals surface area contributed by atoms with E-state index in [2.05, 4.69) is 48.9 Å². The second kappa shape index (κ2) is 8.64. The summed E-state index contributed by atoms with van der Waals surface area (Å²) >= 11 is 2.30. The van der Waals surface area contributed by atoms with E-state index in [1.165, 1.54) is 5.56 Å². The van der Waals surface area contributed by atoms with Gasteiger partial charge in [-0.15, -0.1) is 0 Å². The Balaban J connectivity index is 1.53. The Kier molecular flexibility index (Phi) is 6.16. The lowest BCUT2D eigenvalue weighted by molar-refractivity contribution is -0.0146. The second-order valence-corrected chi connectivity index (χ2v) is 9.34. The molecule has 0 spiro atoms. The predicted octanol–water partition coefficient (Wildman–Crippen LogP) is 2.72. The standard InChI is InChI=1S/C19H21IN4O4S/c20-15-10-24(17-9-7-14(28-17)11-27-29(21,25)26)19-18(15)16(22-12-23-19)8-6-13-4-2-1-3-5-13/h1-5,10,12,14,17H,6-9,11H2,(H2,21,25,26)/t14-,17+/m0/s1. The predicted molar refractivity (Wildman–Crippen MR) is 116 cm³/mol. The SMILES string of the molecule is NS(=O)(=O)OC[C@@H]1CC[C@H](n2cc(I)c3c(CCc4ccccc4)ncnc32)O1. The molecule has 29 heavy (non-hydrogen) atoms. The van der Waals surface area contributed by atoms with E-state index >= 15 is 0 Å². The van der Waals surface area contributed by atoms with Gasteiger partial charge in [-0.25, -0.2) is 15.1 Å². The van der Waals surface area contributed by atoms with Crippen molar-refractivity contribution in [3.8, 4) is 0 Å². The Labute approximate surface area is 182 Å². The fourth-order valence-electron chi connectivity index (χ4n) is 3.60. The van der Waals surface area contributed by atoms with Crippen molar-refractivity contribution in [2.24, 2.45) is 5.14 Å². The zero-order valence-corrected chi connectivity index (χ0v) is 18.5. The quantitative estimate of drug-likeness (QED) is 0.473. The second-order valence-electron chi connectivity index (χ2n) is 6.96. The summed E-state index contributed by atoms with van der Waals surface area (Å²) in [7, 11) is -3.97. The van der Waals surface area contributed by atoms with Crippen LogP contribution in [0.1, 0.15) is 30.3 Å². The molecule has 8 nitrogen and oxygen atoms in total. The Morgan fingerprint density at radius 1 is 1.21 bits per heavy atom. The fraction of sp³-hybridized carbons (Fsp3) is 0.368. The number of ether oxygens (including phenoxy) is 1. The van der Waals surface area contributed by atoms with Crippen LogP contribution in [-0.2, 0) is 32.1 Å². The number of rotatable bonds is 7. The number of nitrogens with zero attached hydrogens (tertiary/aromatic N) is 3. The van der Waals surface area contributed by atoms with Crippen LogP contribution in [-0.4, -0.2) is 35.7 Å². The van der Waals surface area contributed by atoms with Crippen LogP contribution in [0.2, 0.25) is 0 Å². The molecule has 0 bridgehead atoms. The van der Waals surface area contributed by atoms with Gasteiger partial charge in [-0.05, 0) is 53.8 Å². The molecule has 3 heterocycles. The lowest BCUT2D eigenvalue weighted by atomic mass is 10.1. The number of halogens is 1. The van der Waals surface area contributed by atoms with Crippen molar-refractivity contribution >= 4 is 43.9 Å². The monoisotopic (exact) mass is 528 g/mol. The maximum Gasteiger partial charge on any atom is 0.333 e. The smallest absolute Gasteiger partial charge is 0.333 e. The van der Waals surface area contributed by atoms with Gasteiger partial charge < -0.3 is 9.30 Å². The van der Waals surface area contributed by atoms with Gasteiger partial charge in [-0.2, -0.15) is 8.42 Å². The first-order chi connectivity index (χ1) is 13.9. The van der Waals surface area contributed by atoms with Crippen LogP contribution in [0.25, 0.3) is 11.0 Å². The summed E-state index contributed by atoms with van der Waals surface area (Å²) in [6.45, 7) is -0.0804. The fourth-order valence-corrected chi connectivity index (χ4v) is 4.79. The summed E-state index contributed by atoms with van der Waals surface area (Å²) in [5.74, 6) is 0. The van der Waals surface area contributed by atoms with Crippen molar-refractivity contribution in [3.63, 3.8) is 0 Å². The van der Waals surface area contributed by atoms with E-state index in [1.807, 2.05) is 29.0 Å². The lowest BCUT2D eigenvalue weighted by Crippen LogP contribution is -2.23. The van der Waals surface area contributed by atoms with E-state index < -0.39 is 10.3 Å². The molecule has 1 aliphatic rings. The molecule has 0 unspecified atom stereocenters. The molecule has 0 aliphatic carbocycles. The minimum atomic E-state index is -3.97. The number of hydrogen-bond acceptors (Lipinski definition) is 6. The Morgan fingerprint density at radius 3 is 2.76 bits per heavy atom. The number of hydrogen-bond donors (Lipinski definition) is 1. The molecule has 0 amide bonds. The van der Waals surface area contributed by atoms with Crippen molar-refractivity contribution in [2.75, 3.05) is 6.61 Å². The lowest BCUT2D eigenvalue weighted by Gasteiger charge is -2.15. The number of aromatic nitrogens is 3. The molecular formula is C19H21IN4O4S. The molecule has 1 fully saturated rings. The molecule has 1 aromatic carbocycles. The molecule has 10 heteroatoms. The number of nitrogens with two attached hydrogens (primary N) is 1. The van der Waals surface area contributed by atoms with Crippen molar-refractivity contribution in [1.29, 1.82) is 0 Å². The third-order valence-electron chi connectivity index (χ3n) is 4.95. The van der Waals surface area contributed by atoms with E-state index in [0.717, 1.165) is 39.6 Å². The Bertz CT molecular complexity index is 1100. The highest BCUT2D eigenvalue weighted by Crippen LogP contribution is 2.34. The molecule has 2 N–H and O–H groups in total. The minimum absolute atomic E-state index is 0.0804. The van der Waals surface area contributed by atoms with Crippen molar-refractivity contribution < 1.29 is 17.3 Å². The number of fused-ring (bicyclic) bond motifs is 1. The summed E-state index contributed by atoms with van der Waals surface area (Å²) in [4.78, 5) is 9.02. The average molecular weight is 528 g/mol. The normalized spacial score (nSPS) is 19.8. The first-order valence-corrected chi connectivity index (χ1v) is 11.8. The largest absolute Gasteiger partial charge is 0.352 e. The first kappa shape index (κ1) is 20.7. The van der Waals surface area contributed by atoms with Crippen molar-refractivity contribution in [1.82, 2.24) is 14.5 Å². The summed E-state index contributed by atoms with van der Waals surface area (Å²) < 4.78 is 35.7. The van der Waals surface area contributed by atoms with E-state index in [4.69, 9.17) is 9.88 Å². The third-order valence-corrected chi connectivity index (χ3v) is 6.23. The van der Waals surface area contributed by atoms with Crippen LogP contribution >= 0.6 is 22.6 Å². The topological polar surface area (TPSA) is 109 Å².